The van der Waals surface area contributed by atoms with E-state index in [-0.39, 0.29) is 11.4 Å². The van der Waals surface area contributed by atoms with Crippen molar-refractivity contribution in [3.8, 4) is 0 Å². The molecule has 2 aromatic carbocycles. The Morgan fingerprint density at radius 3 is 1.41 bits per heavy atom. The zero-order valence-corrected chi connectivity index (χ0v) is 19.0. The molecule has 27 heavy (non-hydrogen) atoms. The standard InChI is InChI=1S/C14H12AsBr2N2O4.H3NO3/c1-15(2,9-3-5-11(16)13(7-9)18(20)21)10-4-6-12(17)14(8-10)19(22)23;2-1(3)4/h3-8H,1-2H3;2-4H/q+1;. The van der Waals surface area contributed by atoms with Crippen LogP contribution in [0.1, 0.15) is 0 Å². The van der Waals surface area contributed by atoms with Gasteiger partial charge in [-0.15, -0.1) is 0 Å². The quantitative estimate of drug-likeness (QED) is 0.287. The summed E-state index contributed by atoms with van der Waals surface area (Å²) in [5.74, 6) is 0. The van der Waals surface area contributed by atoms with E-state index < -0.39 is 28.8 Å². The Kier molecular flexibility index (Phi) is 8.48. The van der Waals surface area contributed by atoms with Crippen molar-refractivity contribution >= 4 is 65.5 Å². The van der Waals surface area contributed by atoms with Crippen LogP contribution in [0.3, 0.4) is 0 Å². The number of hydrogen-bond donors (Lipinski definition) is 3. The molecule has 0 fully saturated rings. The van der Waals surface area contributed by atoms with Gasteiger partial charge >= 0.3 is 152 Å². The summed E-state index contributed by atoms with van der Waals surface area (Å²) in [4.78, 5) is 21.4. The van der Waals surface area contributed by atoms with Crippen molar-refractivity contribution in [1.82, 2.24) is 5.39 Å². The topological polar surface area (TPSA) is 150 Å². The minimum atomic E-state index is -2.71. The molecule has 0 saturated heterocycles. The number of rotatable bonds is 4. The van der Waals surface area contributed by atoms with Crippen LogP contribution in [0.15, 0.2) is 45.3 Å². The van der Waals surface area contributed by atoms with E-state index in [0.717, 1.165) is 8.70 Å². The van der Waals surface area contributed by atoms with Gasteiger partial charge in [0, 0.05) is 0 Å². The summed E-state index contributed by atoms with van der Waals surface area (Å²) in [6.45, 7) is 0. The fourth-order valence-electron chi connectivity index (χ4n) is 2.13. The molecule has 0 amide bonds. The molecule has 0 aliphatic carbocycles. The Balaban J connectivity index is 0.000000828. The number of hydrogen-bond acceptors (Lipinski definition) is 8. The molecular weight excluding hydrogens is 557 g/mol. The van der Waals surface area contributed by atoms with E-state index in [0.29, 0.717) is 8.95 Å². The van der Waals surface area contributed by atoms with Crippen LogP contribution in [-0.2, 0) is 0 Å². The van der Waals surface area contributed by atoms with Crippen molar-refractivity contribution in [3.63, 3.8) is 0 Å². The van der Waals surface area contributed by atoms with Crippen LogP contribution in [0, 0.1) is 20.2 Å². The summed E-state index contributed by atoms with van der Waals surface area (Å²) in [6, 6.07) is 10.1. The van der Waals surface area contributed by atoms with Crippen LogP contribution in [0.25, 0.3) is 0 Å². The fourth-order valence-corrected chi connectivity index (χ4v) is 7.28. The molecule has 13 heteroatoms. The van der Waals surface area contributed by atoms with Gasteiger partial charge in [0.25, 0.3) is 0 Å². The van der Waals surface area contributed by atoms with Crippen molar-refractivity contribution in [1.29, 1.82) is 0 Å². The minimum absolute atomic E-state index is 0.00333. The van der Waals surface area contributed by atoms with E-state index in [9.17, 15) is 20.2 Å². The molecule has 146 valence electrons. The van der Waals surface area contributed by atoms with Gasteiger partial charge in [0.2, 0.25) is 0 Å². The molecule has 2 aromatic rings. The monoisotopic (exact) mass is 570 g/mol. The Hall–Kier alpha value is -1.40. The van der Waals surface area contributed by atoms with Gasteiger partial charge in [-0.3, -0.25) is 15.6 Å². The van der Waals surface area contributed by atoms with Crippen LogP contribution >= 0.6 is 31.9 Å². The third kappa shape index (κ3) is 6.32. The molecule has 10 nitrogen and oxygen atoms in total. The first-order chi connectivity index (χ1) is 12.4. The second kappa shape index (κ2) is 9.69. The Labute approximate surface area is 172 Å². The molecular formula is C14H15AsBr2N3O7+. The van der Waals surface area contributed by atoms with Crippen molar-refractivity contribution in [3.05, 3.63) is 65.6 Å². The molecule has 2 rings (SSSR count). The summed E-state index contributed by atoms with van der Waals surface area (Å²) in [5, 5.41) is 42.2. The van der Waals surface area contributed by atoms with Crippen LogP contribution in [0.5, 0.6) is 0 Å². The van der Waals surface area contributed by atoms with Gasteiger partial charge in [-0.1, -0.05) is 0 Å². The molecule has 0 spiro atoms. The average Bonchev–Trinajstić information content (AvgIpc) is 2.54. The van der Waals surface area contributed by atoms with E-state index in [1.165, 1.54) is 0 Å². The van der Waals surface area contributed by atoms with Gasteiger partial charge in [-0.25, -0.2) is 0 Å². The van der Waals surface area contributed by atoms with Crippen LogP contribution in [0.2, 0.25) is 11.4 Å². The first-order valence-electron chi connectivity index (χ1n) is 6.97. The van der Waals surface area contributed by atoms with E-state index >= 15 is 0 Å². The van der Waals surface area contributed by atoms with E-state index in [4.69, 9.17) is 15.6 Å². The maximum absolute atomic E-state index is 11.1. The van der Waals surface area contributed by atoms with Crippen LogP contribution in [0.4, 0.5) is 11.4 Å². The molecule has 0 saturated carbocycles. The first-order valence-corrected chi connectivity index (χ1v) is 14.2. The molecule has 0 aromatic heterocycles. The Morgan fingerprint density at radius 1 is 0.852 bits per heavy atom. The molecule has 0 unspecified atom stereocenters. The second-order valence-corrected chi connectivity index (χ2v) is 15.5. The van der Waals surface area contributed by atoms with Gasteiger partial charge in [0.15, 0.2) is 0 Å². The normalized spacial score (nSPS) is 11.0. The number of nitrogens with zero attached hydrogens (tertiary/aromatic N) is 3. The molecule has 0 aliphatic heterocycles. The van der Waals surface area contributed by atoms with Gasteiger partial charge in [-0.05, 0) is 0 Å². The minimum Gasteiger partial charge on any atom is -0.266 e. The number of benzene rings is 2. The Morgan fingerprint density at radius 2 is 1.15 bits per heavy atom. The molecule has 0 atom stereocenters. The molecule has 0 heterocycles. The fraction of sp³-hybridized carbons (Fsp3) is 0.143. The smallest absolute Gasteiger partial charge is 0.0685 e. The largest absolute Gasteiger partial charge is 0.266 e. The summed E-state index contributed by atoms with van der Waals surface area (Å²) in [5.41, 5.74) is 4.09. The Bertz CT molecular complexity index is 796. The van der Waals surface area contributed by atoms with Gasteiger partial charge in [-0.2, -0.15) is 0 Å². The van der Waals surface area contributed by atoms with Crippen LogP contribution in [-0.4, -0.2) is 44.4 Å². The van der Waals surface area contributed by atoms with Crippen molar-refractivity contribution in [2.24, 2.45) is 0 Å². The van der Waals surface area contributed by atoms with E-state index in [1.807, 2.05) is 23.6 Å². The number of halogens is 2. The maximum atomic E-state index is 11.1. The number of nitro groups is 2. The molecule has 0 aliphatic rings. The summed E-state index contributed by atoms with van der Waals surface area (Å²) >= 11 is 3.65. The summed E-state index contributed by atoms with van der Waals surface area (Å²) in [6.07, 6.45) is 0. The predicted octanol–water partition coefficient (Wildman–Crippen LogP) is 3.31. The van der Waals surface area contributed by atoms with E-state index in [1.54, 1.807) is 24.3 Å². The number of nitro benzene ring substituents is 2. The third-order valence-corrected chi connectivity index (χ3v) is 11.5. The summed E-state index contributed by atoms with van der Waals surface area (Å²) < 4.78 is 2.58. The second-order valence-electron chi connectivity index (χ2n) is 5.51. The predicted molar refractivity (Wildman–Crippen MR) is 106 cm³/mol. The molecule has 0 radical (unpaired) electrons. The summed E-state index contributed by atoms with van der Waals surface area (Å²) in [7, 11) is 0. The van der Waals surface area contributed by atoms with Gasteiger partial charge < -0.3 is 0 Å². The zero-order chi connectivity index (χ0) is 20.9. The van der Waals surface area contributed by atoms with Crippen LogP contribution < -0.4 is 8.70 Å². The average molecular weight is 572 g/mol. The van der Waals surface area contributed by atoms with Crippen molar-refractivity contribution in [2.45, 2.75) is 11.4 Å². The van der Waals surface area contributed by atoms with Gasteiger partial charge in [0.05, 0.1) is 5.39 Å². The van der Waals surface area contributed by atoms with Gasteiger partial charge in [0.1, 0.15) is 0 Å². The zero-order valence-electron chi connectivity index (χ0n) is 14.0. The third-order valence-electron chi connectivity index (χ3n) is 3.54. The maximum Gasteiger partial charge on any atom is 0.0685 e. The van der Waals surface area contributed by atoms with Crippen molar-refractivity contribution < 1.29 is 25.5 Å². The van der Waals surface area contributed by atoms with E-state index in [2.05, 4.69) is 31.9 Å². The molecule has 3 N–H and O–H groups in total. The van der Waals surface area contributed by atoms with Crippen molar-refractivity contribution in [2.75, 3.05) is 0 Å². The SMILES string of the molecule is C[As+](C)(c1ccc(Br)c([N+](=O)[O-])c1)c1ccc(Br)c([N+](=O)[O-])c1.ON(O)O. The first kappa shape index (κ1) is 23.6. The molecule has 0 bridgehead atoms.